The minimum absolute atomic E-state index is 0.222. The summed E-state index contributed by atoms with van der Waals surface area (Å²) >= 11 is 0. The van der Waals surface area contributed by atoms with Crippen LogP contribution in [-0.2, 0) is 14.3 Å². The average molecular weight is 187 g/mol. The first-order valence-electron chi connectivity index (χ1n) is 4.51. The molecule has 0 aromatic rings. The van der Waals surface area contributed by atoms with Crippen LogP contribution >= 0.6 is 0 Å². The van der Waals surface area contributed by atoms with Crippen LogP contribution < -0.4 is 5.32 Å². The third-order valence-electron chi connectivity index (χ3n) is 1.52. The van der Waals surface area contributed by atoms with Gasteiger partial charge >= 0.3 is 5.97 Å². The highest BCUT2D eigenvalue weighted by atomic mass is 16.5. The van der Waals surface area contributed by atoms with E-state index in [4.69, 9.17) is 4.74 Å². The van der Waals surface area contributed by atoms with Crippen LogP contribution in [0.5, 0.6) is 0 Å². The quantitative estimate of drug-likeness (QED) is 0.513. The second-order valence-electron chi connectivity index (χ2n) is 2.94. The molecule has 0 radical (unpaired) electrons. The van der Waals surface area contributed by atoms with Crippen LogP contribution in [0, 0.1) is 0 Å². The Balaban J connectivity index is 3.63. The summed E-state index contributed by atoms with van der Waals surface area (Å²) in [6, 6.07) is -0.547. The van der Waals surface area contributed by atoms with Crippen molar-refractivity contribution in [3.63, 3.8) is 0 Å². The molecule has 0 aliphatic heterocycles. The molecule has 76 valence electrons. The van der Waals surface area contributed by atoms with Gasteiger partial charge in [0.25, 0.3) is 0 Å². The normalized spacial score (nSPS) is 11.9. The molecular weight excluding hydrogens is 170 g/mol. The first-order valence-corrected chi connectivity index (χ1v) is 4.51. The van der Waals surface area contributed by atoms with Gasteiger partial charge in [0.15, 0.2) is 0 Å². The van der Waals surface area contributed by atoms with Gasteiger partial charge in [-0.05, 0) is 13.3 Å². The summed E-state index contributed by atoms with van der Waals surface area (Å²) in [5.41, 5.74) is 0. The Morgan fingerprint density at radius 3 is 2.54 bits per heavy atom. The number of hydrogen-bond donors (Lipinski definition) is 1. The highest BCUT2D eigenvalue weighted by molar-refractivity contribution is 5.82. The highest BCUT2D eigenvalue weighted by Crippen LogP contribution is 1.92. The fourth-order valence-electron chi connectivity index (χ4n) is 0.806. The van der Waals surface area contributed by atoms with E-state index < -0.39 is 6.04 Å². The summed E-state index contributed by atoms with van der Waals surface area (Å²) in [6.45, 7) is 5.43. The number of nitrogens with one attached hydrogen (secondary N) is 1. The van der Waals surface area contributed by atoms with Crippen molar-refractivity contribution in [1.82, 2.24) is 5.32 Å². The Morgan fingerprint density at radius 1 is 1.46 bits per heavy atom. The minimum Gasteiger partial charge on any atom is -0.464 e. The fraction of sp³-hybridized carbons (Fsp3) is 0.778. The zero-order valence-corrected chi connectivity index (χ0v) is 8.42. The van der Waals surface area contributed by atoms with Crippen molar-refractivity contribution in [1.29, 1.82) is 0 Å². The maximum absolute atomic E-state index is 11.1. The molecule has 13 heavy (non-hydrogen) atoms. The number of ether oxygens (including phenoxy) is 1. The summed E-state index contributed by atoms with van der Waals surface area (Å²) in [7, 11) is 0. The number of esters is 1. The van der Waals surface area contributed by atoms with Crippen LogP contribution in [0.1, 0.15) is 33.6 Å². The van der Waals surface area contributed by atoms with Crippen molar-refractivity contribution < 1.29 is 14.3 Å². The SMILES string of the molecule is CCCCOC(=O)[C@@H](C)NC(C)=O. The predicted octanol–water partition coefficient (Wildman–Crippen LogP) is 0.854. The average Bonchev–Trinajstić information content (AvgIpc) is 2.03. The van der Waals surface area contributed by atoms with E-state index in [1.165, 1.54) is 6.92 Å². The van der Waals surface area contributed by atoms with Crippen molar-refractivity contribution in [2.45, 2.75) is 39.7 Å². The lowest BCUT2D eigenvalue weighted by Gasteiger charge is -2.11. The van der Waals surface area contributed by atoms with Crippen molar-refractivity contribution in [2.24, 2.45) is 0 Å². The van der Waals surface area contributed by atoms with E-state index >= 15 is 0 Å². The number of unbranched alkanes of at least 4 members (excludes halogenated alkanes) is 1. The maximum Gasteiger partial charge on any atom is 0.328 e. The summed E-state index contributed by atoms with van der Waals surface area (Å²) in [6.07, 6.45) is 1.85. The first-order chi connectivity index (χ1) is 6.07. The van der Waals surface area contributed by atoms with Gasteiger partial charge < -0.3 is 10.1 Å². The molecule has 0 heterocycles. The molecule has 0 bridgehead atoms. The van der Waals surface area contributed by atoms with Crippen molar-refractivity contribution in [2.75, 3.05) is 6.61 Å². The summed E-state index contributed by atoms with van der Waals surface area (Å²) in [5, 5.41) is 2.46. The second kappa shape index (κ2) is 6.46. The molecule has 0 fully saturated rings. The van der Waals surface area contributed by atoms with E-state index in [-0.39, 0.29) is 11.9 Å². The molecule has 4 nitrogen and oxygen atoms in total. The van der Waals surface area contributed by atoms with Crippen molar-refractivity contribution in [3.8, 4) is 0 Å². The lowest BCUT2D eigenvalue weighted by molar-refractivity contribution is -0.147. The summed E-state index contributed by atoms with van der Waals surface area (Å²) in [5.74, 6) is -0.594. The van der Waals surface area contributed by atoms with Gasteiger partial charge in [-0.2, -0.15) is 0 Å². The maximum atomic E-state index is 11.1. The number of amides is 1. The molecule has 0 aliphatic rings. The van der Waals surface area contributed by atoms with E-state index in [9.17, 15) is 9.59 Å². The summed E-state index contributed by atoms with van der Waals surface area (Å²) in [4.78, 5) is 21.7. The van der Waals surface area contributed by atoms with Gasteiger partial charge in [0.2, 0.25) is 5.91 Å². The molecule has 0 unspecified atom stereocenters. The lowest BCUT2D eigenvalue weighted by Crippen LogP contribution is -2.38. The number of hydrogen-bond acceptors (Lipinski definition) is 3. The Morgan fingerprint density at radius 2 is 2.08 bits per heavy atom. The molecule has 1 amide bonds. The monoisotopic (exact) mass is 187 g/mol. The van der Waals surface area contributed by atoms with E-state index in [1.54, 1.807) is 6.92 Å². The zero-order chi connectivity index (χ0) is 10.3. The Bertz CT molecular complexity index is 180. The van der Waals surface area contributed by atoms with E-state index in [0.717, 1.165) is 12.8 Å². The number of carbonyl (C=O) groups is 2. The second-order valence-corrected chi connectivity index (χ2v) is 2.94. The third-order valence-corrected chi connectivity index (χ3v) is 1.52. The molecule has 0 spiro atoms. The first kappa shape index (κ1) is 11.9. The van der Waals surface area contributed by atoms with Gasteiger partial charge in [0.1, 0.15) is 6.04 Å². The molecule has 0 saturated heterocycles. The van der Waals surface area contributed by atoms with Crippen LogP contribution in [0.25, 0.3) is 0 Å². The molecular formula is C9H17NO3. The number of carbonyl (C=O) groups excluding carboxylic acids is 2. The largest absolute Gasteiger partial charge is 0.464 e. The van der Waals surface area contributed by atoms with Crippen LogP contribution in [-0.4, -0.2) is 24.5 Å². The summed E-state index contributed by atoms with van der Waals surface area (Å²) < 4.78 is 4.89. The van der Waals surface area contributed by atoms with Gasteiger partial charge in [0, 0.05) is 6.92 Å². The third kappa shape index (κ3) is 6.13. The van der Waals surface area contributed by atoms with Crippen LogP contribution in [0.4, 0.5) is 0 Å². The van der Waals surface area contributed by atoms with Crippen molar-refractivity contribution in [3.05, 3.63) is 0 Å². The Hall–Kier alpha value is -1.06. The molecule has 0 aliphatic carbocycles. The van der Waals surface area contributed by atoms with E-state index in [1.807, 2.05) is 6.92 Å². The standard InChI is InChI=1S/C9H17NO3/c1-4-5-6-13-9(12)7(2)10-8(3)11/h7H,4-6H2,1-3H3,(H,10,11)/t7-/m1/s1. The van der Waals surface area contributed by atoms with Gasteiger partial charge in [0.05, 0.1) is 6.61 Å². The van der Waals surface area contributed by atoms with Gasteiger partial charge in [-0.3, -0.25) is 4.79 Å². The highest BCUT2D eigenvalue weighted by Gasteiger charge is 2.14. The topological polar surface area (TPSA) is 55.4 Å². The molecule has 0 aromatic heterocycles. The fourth-order valence-corrected chi connectivity index (χ4v) is 0.806. The molecule has 4 heteroatoms. The number of rotatable bonds is 5. The van der Waals surface area contributed by atoms with Crippen molar-refractivity contribution >= 4 is 11.9 Å². The molecule has 1 atom stereocenters. The molecule has 0 rings (SSSR count). The van der Waals surface area contributed by atoms with Crippen LogP contribution in [0.2, 0.25) is 0 Å². The lowest BCUT2D eigenvalue weighted by atomic mass is 10.3. The zero-order valence-electron chi connectivity index (χ0n) is 8.42. The smallest absolute Gasteiger partial charge is 0.328 e. The van der Waals surface area contributed by atoms with Gasteiger partial charge in [-0.1, -0.05) is 13.3 Å². The van der Waals surface area contributed by atoms with E-state index in [2.05, 4.69) is 5.32 Å². The van der Waals surface area contributed by atoms with Crippen LogP contribution in [0.3, 0.4) is 0 Å². The molecule has 1 N–H and O–H groups in total. The minimum atomic E-state index is -0.547. The van der Waals surface area contributed by atoms with Gasteiger partial charge in [-0.25, -0.2) is 4.79 Å². The molecule has 0 saturated carbocycles. The Kier molecular flexibility index (Phi) is 5.93. The molecule has 0 aromatic carbocycles. The van der Waals surface area contributed by atoms with E-state index in [0.29, 0.717) is 6.61 Å². The predicted molar refractivity (Wildman–Crippen MR) is 49.1 cm³/mol. The van der Waals surface area contributed by atoms with Crippen LogP contribution in [0.15, 0.2) is 0 Å². The Labute approximate surface area is 78.6 Å². The van der Waals surface area contributed by atoms with Gasteiger partial charge in [-0.15, -0.1) is 0 Å².